The molecule has 3 unspecified atom stereocenters. The van der Waals surface area contributed by atoms with Gasteiger partial charge in [0.1, 0.15) is 6.29 Å². The maximum Gasteiger partial charge on any atom is 0.142 e. The van der Waals surface area contributed by atoms with Gasteiger partial charge in [-0.2, -0.15) is 0 Å². The topological polar surface area (TPSA) is 38.3 Å². The Morgan fingerprint density at radius 1 is 1.41 bits per heavy atom. The number of rotatable bonds is 3. The van der Waals surface area contributed by atoms with Crippen molar-refractivity contribution in [2.45, 2.75) is 45.1 Å². The lowest BCUT2D eigenvalue weighted by Crippen LogP contribution is -2.36. The van der Waals surface area contributed by atoms with Crippen molar-refractivity contribution >= 4 is 12.0 Å². The normalized spacial score (nSPS) is 24.9. The second-order valence-electron chi connectivity index (χ2n) is 6.24. The molecule has 0 spiro atoms. The number of methoxy groups -OCH3 is 1. The van der Waals surface area contributed by atoms with Gasteiger partial charge >= 0.3 is 0 Å². The largest absolute Gasteiger partial charge is 0.385 e. The van der Waals surface area contributed by atoms with E-state index in [4.69, 9.17) is 0 Å². The Balaban J connectivity index is 0.000000396. The maximum atomic E-state index is 11.2. The molecular formula is C19H27NO2. The van der Waals surface area contributed by atoms with Gasteiger partial charge in [-0.25, -0.2) is 0 Å². The van der Waals surface area contributed by atoms with Crippen molar-refractivity contribution in [3.05, 3.63) is 41.5 Å². The van der Waals surface area contributed by atoms with Crippen molar-refractivity contribution in [2.75, 3.05) is 19.0 Å². The molecule has 120 valence electrons. The van der Waals surface area contributed by atoms with Crippen molar-refractivity contribution in [2.24, 2.45) is 5.92 Å². The van der Waals surface area contributed by atoms with E-state index in [1.807, 2.05) is 6.92 Å². The van der Waals surface area contributed by atoms with Gasteiger partial charge in [0.15, 0.2) is 0 Å². The van der Waals surface area contributed by atoms with E-state index in [9.17, 15) is 4.79 Å². The van der Waals surface area contributed by atoms with Crippen LogP contribution in [-0.2, 0) is 9.53 Å². The predicted molar refractivity (Wildman–Crippen MR) is 91.5 cm³/mol. The molecule has 3 atom stereocenters. The summed E-state index contributed by atoms with van der Waals surface area (Å²) in [6.45, 7) is 7.21. The Morgan fingerprint density at radius 2 is 2.14 bits per heavy atom. The van der Waals surface area contributed by atoms with Gasteiger partial charge in [-0.05, 0) is 42.4 Å². The summed E-state index contributed by atoms with van der Waals surface area (Å²) in [7, 11) is 1.68. The summed E-state index contributed by atoms with van der Waals surface area (Å²) in [6.07, 6.45) is 6.55. The number of anilines is 1. The van der Waals surface area contributed by atoms with E-state index in [-0.39, 0.29) is 6.04 Å². The highest BCUT2D eigenvalue weighted by Gasteiger charge is 2.36. The van der Waals surface area contributed by atoms with E-state index >= 15 is 0 Å². The minimum atomic E-state index is -0.0394. The molecule has 1 aliphatic heterocycles. The fourth-order valence-corrected chi connectivity index (χ4v) is 3.15. The third kappa shape index (κ3) is 3.41. The summed E-state index contributed by atoms with van der Waals surface area (Å²) in [5.74, 6) is 1.36. The van der Waals surface area contributed by atoms with E-state index in [0.29, 0.717) is 17.8 Å². The number of nitrogens with one attached hydrogen (secondary N) is 1. The van der Waals surface area contributed by atoms with Gasteiger partial charge in [0.05, 0.1) is 6.04 Å². The second kappa shape index (κ2) is 7.59. The molecule has 1 aliphatic carbocycles. The third-order valence-electron chi connectivity index (χ3n) is 4.53. The number of hydrogen-bond donors (Lipinski definition) is 1. The Labute approximate surface area is 133 Å². The van der Waals surface area contributed by atoms with E-state index in [1.54, 1.807) is 7.11 Å². The van der Waals surface area contributed by atoms with Gasteiger partial charge in [-0.15, -0.1) is 0 Å². The Hall–Kier alpha value is -1.61. The second-order valence-corrected chi connectivity index (χ2v) is 6.24. The molecule has 0 aromatic heterocycles. The van der Waals surface area contributed by atoms with E-state index in [1.165, 1.54) is 11.1 Å². The standard InChI is InChI=1S/C16H19NO.C3H8O/c1-10(2)11-6-7-15-14(8-11)12-4-3-5-13(12)16(9-18)17-15;1-3-4-2/h3-4,6-10,12-13,16-17H,5H2,1-2H3;3H2,1-2H3. The molecule has 1 aromatic rings. The average molecular weight is 301 g/mol. The zero-order chi connectivity index (χ0) is 16.1. The molecule has 3 heteroatoms. The van der Waals surface area contributed by atoms with Crippen molar-refractivity contribution < 1.29 is 9.53 Å². The number of fused-ring (bicyclic) bond motifs is 3. The van der Waals surface area contributed by atoms with Crippen molar-refractivity contribution in [1.82, 2.24) is 0 Å². The van der Waals surface area contributed by atoms with Crippen LogP contribution < -0.4 is 5.32 Å². The molecule has 0 saturated carbocycles. The summed E-state index contributed by atoms with van der Waals surface area (Å²) in [6, 6.07) is 6.56. The first-order valence-electron chi connectivity index (χ1n) is 8.13. The Bertz CT molecular complexity index is 534. The highest BCUT2D eigenvalue weighted by Crippen LogP contribution is 2.44. The summed E-state index contributed by atoms with van der Waals surface area (Å²) in [5.41, 5.74) is 3.86. The molecule has 3 rings (SSSR count). The van der Waals surface area contributed by atoms with E-state index in [2.05, 4.69) is 54.3 Å². The van der Waals surface area contributed by atoms with Gasteiger partial charge in [0, 0.05) is 25.3 Å². The summed E-state index contributed by atoms with van der Waals surface area (Å²) in [4.78, 5) is 11.2. The van der Waals surface area contributed by atoms with Crippen molar-refractivity contribution in [3.8, 4) is 0 Å². The molecule has 1 heterocycles. The fourth-order valence-electron chi connectivity index (χ4n) is 3.15. The monoisotopic (exact) mass is 301 g/mol. The van der Waals surface area contributed by atoms with Crippen LogP contribution in [0.15, 0.2) is 30.4 Å². The molecule has 1 N–H and O–H groups in total. The van der Waals surface area contributed by atoms with Crippen LogP contribution >= 0.6 is 0 Å². The number of carbonyl (C=O) groups is 1. The molecule has 0 saturated heterocycles. The number of hydrogen-bond acceptors (Lipinski definition) is 3. The Morgan fingerprint density at radius 3 is 2.73 bits per heavy atom. The lowest BCUT2D eigenvalue weighted by Gasteiger charge is -2.34. The number of allylic oxidation sites excluding steroid dienone is 2. The summed E-state index contributed by atoms with van der Waals surface area (Å²) >= 11 is 0. The SMILES string of the molecule is CC(C)c1ccc2c(c1)C1C=CCC1C(C=O)N2.CCOC. The van der Waals surface area contributed by atoms with Crippen LogP contribution in [-0.4, -0.2) is 26.0 Å². The van der Waals surface area contributed by atoms with E-state index in [0.717, 1.165) is 25.0 Å². The van der Waals surface area contributed by atoms with Crippen LogP contribution in [0.1, 0.15) is 50.2 Å². The lowest BCUT2D eigenvalue weighted by molar-refractivity contribution is -0.109. The zero-order valence-electron chi connectivity index (χ0n) is 14.0. The molecular weight excluding hydrogens is 274 g/mol. The molecule has 3 nitrogen and oxygen atoms in total. The molecule has 0 fully saturated rings. The summed E-state index contributed by atoms with van der Waals surface area (Å²) in [5, 5.41) is 3.38. The predicted octanol–water partition coefficient (Wildman–Crippen LogP) is 4.12. The zero-order valence-corrected chi connectivity index (χ0v) is 14.0. The van der Waals surface area contributed by atoms with Gasteiger partial charge < -0.3 is 14.8 Å². The Kier molecular flexibility index (Phi) is 5.78. The van der Waals surface area contributed by atoms with Crippen LogP contribution in [0.4, 0.5) is 5.69 Å². The highest BCUT2D eigenvalue weighted by atomic mass is 16.5. The van der Waals surface area contributed by atoms with Gasteiger partial charge in [0.25, 0.3) is 0 Å². The van der Waals surface area contributed by atoms with Crippen LogP contribution in [0, 0.1) is 5.92 Å². The number of benzene rings is 1. The molecule has 22 heavy (non-hydrogen) atoms. The third-order valence-corrected chi connectivity index (χ3v) is 4.53. The van der Waals surface area contributed by atoms with Crippen molar-refractivity contribution in [1.29, 1.82) is 0 Å². The number of carbonyl (C=O) groups excluding carboxylic acids is 1. The molecule has 2 aliphatic rings. The fraction of sp³-hybridized carbons (Fsp3) is 0.526. The average Bonchev–Trinajstić information content (AvgIpc) is 3.03. The first kappa shape index (κ1) is 16.8. The minimum Gasteiger partial charge on any atom is -0.385 e. The first-order valence-corrected chi connectivity index (χ1v) is 8.13. The number of ether oxygens (including phenoxy) is 1. The van der Waals surface area contributed by atoms with Crippen LogP contribution in [0.3, 0.4) is 0 Å². The van der Waals surface area contributed by atoms with Crippen molar-refractivity contribution in [3.63, 3.8) is 0 Å². The van der Waals surface area contributed by atoms with Crippen LogP contribution in [0.25, 0.3) is 0 Å². The van der Waals surface area contributed by atoms with Gasteiger partial charge in [0.2, 0.25) is 0 Å². The maximum absolute atomic E-state index is 11.2. The van der Waals surface area contributed by atoms with Gasteiger partial charge in [-0.3, -0.25) is 0 Å². The lowest BCUT2D eigenvalue weighted by atomic mass is 9.79. The summed E-state index contributed by atoms with van der Waals surface area (Å²) < 4.78 is 4.54. The van der Waals surface area contributed by atoms with Gasteiger partial charge in [-0.1, -0.05) is 38.1 Å². The molecule has 0 radical (unpaired) electrons. The quantitative estimate of drug-likeness (QED) is 0.674. The van der Waals surface area contributed by atoms with Crippen LogP contribution in [0.2, 0.25) is 0 Å². The van der Waals surface area contributed by atoms with Crippen LogP contribution in [0.5, 0.6) is 0 Å². The molecule has 1 aromatic carbocycles. The number of aldehydes is 1. The molecule has 0 amide bonds. The first-order chi connectivity index (χ1) is 10.6. The van der Waals surface area contributed by atoms with E-state index < -0.39 is 0 Å². The smallest absolute Gasteiger partial charge is 0.142 e. The highest BCUT2D eigenvalue weighted by molar-refractivity contribution is 5.71. The molecule has 0 bridgehead atoms. The minimum absolute atomic E-state index is 0.0394.